The van der Waals surface area contributed by atoms with Gasteiger partial charge in [-0.15, -0.1) is 11.8 Å². The summed E-state index contributed by atoms with van der Waals surface area (Å²) in [6, 6.07) is 25.8. The van der Waals surface area contributed by atoms with Crippen molar-refractivity contribution in [3.63, 3.8) is 0 Å². The van der Waals surface area contributed by atoms with Crippen LogP contribution in [-0.2, 0) is 0 Å². The van der Waals surface area contributed by atoms with E-state index in [1.165, 1.54) is 53.0 Å². The lowest BCUT2D eigenvalue weighted by molar-refractivity contribution is 0.304. The number of aryl methyl sites for hydroxylation is 1. The lowest BCUT2D eigenvalue weighted by atomic mass is 9.83. The molecular formula is C30H34N4S. The van der Waals surface area contributed by atoms with Crippen LogP contribution in [0.5, 0.6) is 0 Å². The van der Waals surface area contributed by atoms with Gasteiger partial charge >= 0.3 is 0 Å². The van der Waals surface area contributed by atoms with Crippen molar-refractivity contribution in [1.29, 1.82) is 0 Å². The molecule has 3 aromatic carbocycles. The van der Waals surface area contributed by atoms with E-state index in [2.05, 4.69) is 90.4 Å². The molecule has 1 aliphatic carbocycles. The van der Waals surface area contributed by atoms with Gasteiger partial charge in [-0.2, -0.15) is 4.98 Å². The van der Waals surface area contributed by atoms with Gasteiger partial charge in [0.1, 0.15) is 5.82 Å². The van der Waals surface area contributed by atoms with Gasteiger partial charge in [-0.05, 0) is 79.8 Å². The van der Waals surface area contributed by atoms with E-state index in [4.69, 9.17) is 9.97 Å². The summed E-state index contributed by atoms with van der Waals surface area (Å²) in [7, 11) is 1.93. The largest absolute Gasteiger partial charge is 0.372 e. The number of anilines is 2. The van der Waals surface area contributed by atoms with Crippen LogP contribution >= 0.6 is 11.8 Å². The molecule has 1 fully saturated rings. The quantitative estimate of drug-likeness (QED) is 0.253. The van der Waals surface area contributed by atoms with E-state index in [0.29, 0.717) is 11.9 Å². The van der Waals surface area contributed by atoms with Crippen LogP contribution in [0.3, 0.4) is 0 Å². The zero-order valence-corrected chi connectivity index (χ0v) is 21.4. The first-order chi connectivity index (χ1) is 17.2. The molecule has 4 nitrogen and oxygen atoms in total. The third kappa shape index (κ3) is 5.96. The van der Waals surface area contributed by atoms with E-state index in [0.717, 1.165) is 29.2 Å². The Morgan fingerprint density at radius 3 is 2.29 bits per heavy atom. The zero-order valence-electron chi connectivity index (χ0n) is 20.6. The fourth-order valence-electron chi connectivity index (χ4n) is 4.89. The molecule has 0 radical (unpaired) electrons. The van der Waals surface area contributed by atoms with E-state index in [1.54, 1.807) is 0 Å². The number of benzene rings is 3. The Bertz CT molecular complexity index is 1250. The van der Waals surface area contributed by atoms with Gasteiger partial charge in [-0.1, -0.05) is 54.1 Å². The smallest absolute Gasteiger partial charge is 0.225 e. The molecule has 1 saturated carbocycles. The second kappa shape index (κ2) is 11.1. The third-order valence-corrected chi connectivity index (χ3v) is 8.31. The highest BCUT2D eigenvalue weighted by Crippen LogP contribution is 2.33. The average molecular weight is 483 g/mol. The minimum Gasteiger partial charge on any atom is -0.372 e. The molecule has 1 aliphatic rings. The summed E-state index contributed by atoms with van der Waals surface area (Å²) in [6.07, 6.45) is 5.18. The van der Waals surface area contributed by atoms with Crippen molar-refractivity contribution in [2.75, 3.05) is 30.0 Å². The van der Waals surface area contributed by atoms with Crippen LogP contribution in [-0.4, -0.2) is 29.3 Å². The number of nitrogens with zero attached hydrogens (tertiary/aromatic N) is 2. The summed E-state index contributed by atoms with van der Waals surface area (Å²) in [5.74, 6) is 4.33. The lowest BCUT2D eigenvalue weighted by Gasteiger charge is -2.28. The molecule has 0 saturated heterocycles. The molecule has 0 amide bonds. The highest BCUT2D eigenvalue weighted by molar-refractivity contribution is 7.99. The summed E-state index contributed by atoms with van der Waals surface area (Å²) >= 11 is 2.00. The van der Waals surface area contributed by atoms with Gasteiger partial charge in [0.15, 0.2) is 0 Å². The fourth-order valence-corrected chi connectivity index (χ4v) is 6.00. The van der Waals surface area contributed by atoms with Crippen LogP contribution < -0.4 is 10.6 Å². The molecule has 35 heavy (non-hydrogen) atoms. The number of hydrogen-bond acceptors (Lipinski definition) is 5. The Balaban J connectivity index is 1.19. The van der Waals surface area contributed by atoms with E-state index < -0.39 is 0 Å². The molecule has 5 rings (SSSR count). The topological polar surface area (TPSA) is 49.8 Å². The number of fused-ring (bicyclic) bond motifs is 1. The molecule has 0 unspecified atom stereocenters. The molecule has 1 aromatic heterocycles. The van der Waals surface area contributed by atoms with Crippen LogP contribution in [0.2, 0.25) is 0 Å². The van der Waals surface area contributed by atoms with Gasteiger partial charge in [0.25, 0.3) is 0 Å². The van der Waals surface area contributed by atoms with Gasteiger partial charge in [0.05, 0.1) is 5.52 Å². The first-order valence-electron chi connectivity index (χ1n) is 12.7. The van der Waals surface area contributed by atoms with E-state index >= 15 is 0 Å². The molecule has 0 spiro atoms. The number of thioether (sulfide) groups is 1. The fraction of sp³-hybridized carbons (Fsp3) is 0.333. The van der Waals surface area contributed by atoms with Crippen LogP contribution in [0.15, 0.2) is 77.7 Å². The summed E-state index contributed by atoms with van der Waals surface area (Å²) in [6.45, 7) is 3.05. The lowest BCUT2D eigenvalue weighted by Crippen LogP contribution is -2.23. The maximum Gasteiger partial charge on any atom is 0.225 e. The van der Waals surface area contributed by atoms with Gasteiger partial charge in [0.2, 0.25) is 5.95 Å². The Hall–Kier alpha value is -3.05. The molecular weight excluding hydrogens is 448 g/mol. The molecule has 1 heterocycles. The first-order valence-corrected chi connectivity index (χ1v) is 13.6. The summed E-state index contributed by atoms with van der Waals surface area (Å²) in [5, 5.41) is 7.86. The van der Waals surface area contributed by atoms with Crippen molar-refractivity contribution in [3.05, 3.63) is 78.4 Å². The minimum absolute atomic E-state index is 0.689. The Labute approximate surface area is 213 Å². The maximum atomic E-state index is 4.83. The van der Waals surface area contributed by atoms with E-state index in [1.807, 2.05) is 18.8 Å². The predicted molar refractivity (Wildman–Crippen MR) is 150 cm³/mol. The summed E-state index contributed by atoms with van der Waals surface area (Å²) < 4.78 is 0. The highest BCUT2D eigenvalue weighted by atomic mass is 32.2. The number of aromatic nitrogens is 2. The van der Waals surface area contributed by atoms with Gasteiger partial charge in [-0.25, -0.2) is 4.98 Å². The molecule has 0 atom stereocenters. The standard InChI is InChI=1S/C30H34N4S/c1-21-8-14-24(15-9-21)25-16-17-28-27(18-25)29(31-2)34-30(33-28)32-19-22-10-12-23(13-11-22)20-35-26-6-4-3-5-7-26/h3-9,14-18,22-23H,10-13,19-20H2,1-2H3,(H2,31,32,33,34). The van der Waals surface area contributed by atoms with Crippen LogP contribution in [0, 0.1) is 18.8 Å². The molecule has 0 bridgehead atoms. The van der Waals surface area contributed by atoms with Crippen molar-refractivity contribution in [2.24, 2.45) is 11.8 Å². The van der Waals surface area contributed by atoms with Crippen molar-refractivity contribution in [2.45, 2.75) is 37.5 Å². The van der Waals surface area contributed by atoms with Gasteiger partial charge in [-0.3, -0.25) is 0 Å². The molecule has 4 aromatic rings. The SMILES string of the molecule is CNc1nc(NCC2CCC(CSc3ccccc3)CC2)nc2ccc(-c3ccc(C)cc3)cc12. The third-order valence-electron chi connectivity index (χ3n) is 7.06. The molecule has 180 valence electrons. The van der Waals surface area contributed by atoms with Crippen molar-refractivity contribution in [3.8, 4) is 11.1 Å². The minimum atomic E-state index is 0.689. The second-order valence-corrected chi connectivity index (χ2v) is 10.7. The van der Waals surface area contributed by atoms with Crippen molar-refractivity contribution >= 4 is 34.4 Å². The zero-order chi connectivity index (χ0) is 24.0. The number of nitrogens with one attached hydrogen (secondary N) is 2. The Morgan fingerprint density at radius 2 is 1.54 bits per heavy atom. The highest BCUT2D eigenvalue weighted by Gasteiger charge is 2.21. The summed E-state index contributed by atoms with van der Waals surface area (Å²) in [4.78, 5) is 11.0. The monoisotopic (exact) mass is 482 g/mol. The average Bonchev–Trinajstić information content (AvgIpc) is 2.91. The van der Waals surface area contributed by atoms with Crippen LogP contribution in [0.4, 0.5) is 11.8 Å². The predicted octanol–water partition coefficient (Wildman–Crippen LogP) is 7.66. The Kier molecular flexibility index (Phi) is 7.53. The Morgan fingerprint density at radius 1 is 0.829 bits per heavy atom. The van der Waals surface area contributed by atoms with E-state index in [-0.39, 0.29) is 0 Å². The molecule has 0 aliphatic heterocycles. The first kappa shape index (κ1) is 23.7. The van der Waals surface area contributed by atoms with Crippen molar-refractivity contribution in [1.82, 2.24) is 9.97 Å². The van der Waals surface area contributed by atoms with Gasteiger partial charge in [0, 0.05) is 29.6 Å². The maximum absolute atomic E-state index is 4.83. The normalized spacial score (nSPS) is 17.9. The number of hydrogen-bond donors (Lipinski definition) is 2. The van der Waals surface area contributed by atoms with Gasteiger partial charge < -0.3 is 10.6 Å². The van der Waals surface area contributed by atoms with Crippen LogP contribution in [0.1, 0.15) is 31.2 Å². The second-order valence-electron chi connectivity index (χ2n) is 9.64. The molecule has 2 N–H and O–H groups in total. The van der Waals surface area contributed by atoms with Crippen LogP contribution in [0.25, 0.3) is 22.0 Å². The number of rotatable bonds is 8. The van der Waals surface area contributed by atoms with E-state index in [9.17, 15) is 0 Å². The summed E-state index contributed by atoms with van der Waals surface area (Å²) in [5.41, 5.74) is 4.62. The van der Waals surface area contributed by atoms with Crippen molar-refractivity contribution < 1.29 is 0 Å². The molecule has 5 heteroatoms.